The zero-order valence-electron chi connectivity index (χ0n) is 16.6. The number of nitrogens with zero attached hydrogens (tertiary/aromatic N) is 1. The Bertz CT molecular complexity index is 994. The molecule has 0 aliphatic rings. The molecule has 1 aromatic heterocycles. The summed E-state index contributed by atoms with van der Waals surface area (Å²) >= 11 is 1.30. The molecule has 0 unspecified atom stereocenters. The van der Waals surface area contributed by atoms with Crippen LogP contribution in [0.2, 0.25) is 0 Å². The monoisotopic (exact) mass is 409 g/mol. The lowest BCUT2D eigenvalue weighted by atomic mass is 9.96. The maximum absolute atomic E-state index is 12.5. The molecule has 2 amide bonds. The van der Waals surface area contributed by atoms with Gasteiger partial charge >= 0.3 is 0 Å². The zero-order chi connectivity index (χ0) is 20.9. The van der Waals surface area contributed by atoms with Gasteiger partial charge in [-0.05, 0) is 24.3 Å². The van der Waals surface area contributed by atoms with Gasteiger partial charge in [-0.1, -0.05) is 51.1 Å². The third kappa shape index (κ3) is 5.89. The molecule has 29 heavy (non-hydrogen) atoms. The molecule has 0 saturated carbocycles. The number of carbonyl (C=O) groups excluding carboxylic acids is 2. The van der Waals surface area contributed by atoms with Crippen molar-refractivity contribution in [2.45, 2.75) is 27.2 Å². The minimum absolute atomic E-state index is 0.0988. The molecule has 0 saturated heterocycles. The molecule has 2 aromatic carbocycles. The molecule has 0 aliphatic heterocycles. The fourth-order valence-electron chi connectivity index (χ4n) is 2.36. The van der Waals surface area contributed by atoms with Crippen molar-refractivity contribution in [2.75, 3.05) is 10.6 Å². The average molecular weight is 410 g/mol. The van der Waals surface area contributed by atoms with Crippen LogP contribution in [-0.2, 0) is 16.0 Å². The van der Waals surface area contributed by atoms with Gasteiger partial charge < -0.3 is 15.4 Å². The third-order valence-corrected chi connectivity index (χ3v) is 4.73. The van der Waals surface area contributed by atoms with Crippen LogP contribution in [0.4, 0.5) is 10.8 Å². The second kappa shape index (κ2) is 8.87. The molecule has 150 valence electrons. The quantitative estimate of drug-likeness (QED) is 0.593. The number of amides is 2. The Balaban J connectivity index is 1.63. The fraction of sp³-hybridized carbons (Fsp3) is 0.227. The molecule has 0 bridgehead atoms. The minimum Gasteiger partial charge on any atom is -0.455 e. The number of aromatic nitrogens is 1. The predicted molar refractivity (Wildman–Crippen MR) is 115 cm³/mol. The van der Waals surface area contributed by atoms with Crippen molar-refractivity contribution >= 4 is 34.0 Å². The Morgan fingerprint density at radius 1 is 1.00 bits per heavy atom. The maximum atomic E-state index is 12.5. The van der Waals surface area contributed by atoms with Crippen molar-refractivity contribution < 1.29 is 14.3 Å². The lowest BCUT2D eigenvalue weighted by Crippen LogP contribution is -2.27. The Morgan fingerprint density at radius 3 is 2.41 bits per heavy atom. The second-order valence-electron chi connectivity index (χ2n) is 7.48. The first-order valence-corrected chi connectivity index (χ1v) is 10.1. The van der Waals surface area contributed by atoms with Crippen molar-refractivity contribution in [3.8, 4) is 11.5 Å². The molecule has 0 aliphatic carbocycles. The maximum Gasteiger partial charge on any atom is 0.231 e. The summed E-state index contributed by atoms with van der Waals surface area (Å²) in [5.41, 5.74) is 0.669. The molecule has 6 nitrogen and oxygen atoms in total. The molecule has 1 heterocycles. The summed E-state index contributed by atoms with van der Waals surface area (Å²) in [6, 6.07) is 16.6. The predicted octanol–water partition coefficient (Wildman–Crippen LogP) is 5.10. The number of nitrogens with one attached hydrogen (secondary N) is 2. The SMILES string of the molecule is CC(C)(C)C(=O)Nc1nc(CC(=O)Nc2ccccc2Oc2ccccc2)cs1. The van der Waals surface area contributed by atoms with Crippen molar-refractivity contribution in [1.82, 2.24) is 4.98 Å². The number of benzene rings is 2. The minimum atomic E-state index is -0.508. The Kier molecular flexibility index (Phi) is 6.29. The number of hydrogen-bond donors (Lipinski definition) is 2. The Hall–Kier alpha value is -3.19. The zero-order valence-corrected chi connectivity index (χ0v) is 17.4. The first kappa shape index (κ1) is 20.5. The van der Waals surface area contributed by atoms with E-state index in [9.17, 15) is 9.59 Å². The van der Waals surface area contributed by atoms with Gasteiger partial charge in [0.1, 0.15) is 5.75 Å². The van der Waals surface area contributed by atoms with E-state index in [1.54, 1.807) is 17.5 Å². The van der Waals surface area contributed by atoms with Crippen LogP contribution in [-0.4, -0.2) is 16.8 Å². The van der Waals surface area contributed by atoms with Gasteiger partial charge in [0.15, 0.2) is 10.9 Å². The number of para-hydroxylation sites is 3. The number of rotatable bonds is 6. The van der Waals surface area contributed by atoms with E-state index < -0.39 is 5.41 Å². The molecule has 2 N–H and O–H groups in total. The van der Waals surface area contributed by atoms with Gasteiger partial charge in [-0.25, -0.2) is 4.98 Å². The molecular weight excluding hydrogens is 386 g/mol. The molecule has 0 fully saturated rings. The van der Waals surface area contributed by atoms with Gasteiger partial charge in [-0.3, -0.25) is 9.59 Å². The fourth-order valence-corrected chi connectivity index (χ4v) is 3.07. The summed E-state index contributed by atoms with van der Waals surface area (Å²) < 4.78 is 5.86. The average Bonchev–Trinajstić information content (AvgIpc) is 3.10. The van der Waals surface area contributed by atoms with Crippen LogP contribution in [0.25, 0.3) is 0 Å². The highest BCUT2D eigenvalue weighted by molar-refractivity contribution is 7.13. The molecular formula is C22H23N3O3S. The Morgan fingerprint density at radius 2 is 1.69 bits per heavy atom. The van der Waals surface area contributed by atoms with Crippen LogP contribution in [0, 0.1) is 5.41 Å². The van der Waals surface area contributed by atoms with Crippen molar-refractivity contribution in [1.29, 1.82) is 0 Å². The van der Waals surface area contributed by atoms with Crippen molar-refractivity contribution in [3.05, 3.63) is 65.7 Å². The van der Waals surface area contributed by atoms with E-state index in [0.29, 0.717) is 28.0 Å². The highest BCUT2D eigenvalue weighted by atomic mass is 32.1. The highest BCUT2D eigenvalue weighted by Crippen LogP contribution is 2.29. The topological polar surface area (TPSA) is 80.3 Å². The molecule has 0 spiro atoms. The number of carbonyl (C=O) groups is 2. The van der Waals surface area contributed by atoms with E-state index in [-0.39, 0.29) is 18.2 Å². The van der Waals surface area contributed by atoms with E-state index in [1.165, 1.54) is 11.3 Å². The molecule has 0 atom stereocenters. The largest absolute Gasteiger partial charge is 0.455 e. The third-order valence-electron chi connectivity index (χ3n) is 3.93. The number of thiazole rings is 1. The van der Waals surface area contributed by atoms with Gasteiger partial charge in [0.05, 0.1) is 17.8 Å². The number of hydrogen-bond acceptors (Lipinski definition) is 5. The smallest absolute Gasteiger partial charge is 0.231 e. The summed E-state index contributed by atoms with van der Waals surface area (Å²) in [6.07, 6.45) is 0.0988. The number of ether oxygens (including phenoxy) is 1. The van der Waals surface area contributed by atoms with Crippen LogP contribution in [0.3, 0.4) is 0 Å². The normalized spacial score (nSPS) is 11.0. The van der Waals surface area contributed by atoms with Gasteiger partial charge in [-0.2, -0.15) is 0 Å². The lowest BCUT2D eigenvalue weighted by Gasteiger charge is -2.15. The lowest BCUT2D eigenvalue weighted by molar-refractivity contribution is -0.123. The van der Waals surface area contributed by atoms with E-state index in [4.69, 9.17) is 4.74 Å². The summed E-state index contributed by atoms with van der Waals surface area (Å²) in [4.78, 5) is 28.9. The van der Waals surface area contributed by atoms with E-state index in [1.807, 2.05) is 63.2 Å². The van der Waals surface area contributed by atoms with Gasteiger partial charge in [0, 0.05) is 10.8 Å². The Labute approximate surface area is 173 Å². The summed E-state index contributed by atoms with van der Waals surface area (Å²) in [7, 11) is 0. The van der Waals surface area contributed by atoms with Gasteiger partial charge in [0.25, 0.3) is 0 Å². The van der Waals surface area contributed by atoms with Gasteiger partial charge in [0.2, 0.25) is 11.8 Å². The van der Waals surface area contributed by atoms with Crippen LogP contribution in [0.15, 0.2) is 60.0 Å². The summed E-state index contributed by atoms with van der Waals surface area (Å²) in [5, 5.41) is 7.90. The molecule has 3 rings (SSSR count). The van der Waals surface area contributed by atoms with E-state index in [0.717, 1.165) is 0 Å². The van der Waals surface area contributed by atoms with Crippen LogP contribution in [0.1, 0.15) is 26.5 Å². The summed E-state index contributed by atoms with van der Waals surface area (Å²) in [5.74, 6) is 0.916. The molecule has 7 heteroatoms. The second-order valence-corrected chi connectivity index (χ2v) is 8.34. The highest BCUT2D eigenvalue weighted by Gasteiger charge is 2.22. The summed E-state index contributed by atoms with van der Waals surface area (Å²) in [6.45, 7) is 5.50. The van der Waals surface area contributed by atoms with Crippen LogP contribution in [0.5, 0.6) is 11.5 Å². The van der Waals surface area contributed by atoms with E-state index >= 15 is 0 Å². The van der Waals surface area contributed by atoms with Crippen molar-refractivity contribution in [2.24, 2.45) is 5.41 Å². The van der Waals surface area contributed by atoms with Crippen LogP contribution >= 0.6 is 11.3 Å². The molecule has 0 radical (unpaired) electrons. The molecule has 3 aromatic rings. The number of anilines is 2. The standard InChI is InChI=1S/C22H23N3O3S/c1-22(2,3)20(27)25-21-23-15(14-29-21)13-19(26)24-17-11-7-8-12-18(17)28-16-9-5-4-6-10-16/h4-12,14H,13H2,1-3H3,(H,24,26)(H,23,25,27). The first-order chi connectivity index (χ1) is 13.8. The van der Waals surface area contributed by atoms with Crippen LogP contribution < -0.4 is 15.4 Å². The van der Waals surface area contributed by atoms with Crippen molar-refractivity contribution in [3.63, 3.8) is 0 Å². The van der Waals surface area contributed by atoms with E-state index in [2.05, 4.69) is 15.6 Å². The first-order valence-electron chi connectivity index (χ1n) is 9.19. The van der Waals surface area contributed by atoms with Gasteiger partial charge in [-0.15, -0.1) is 11.3 Å².